The Kier molecular flexibility index (Phi) is 6.81. The van der Waals surface area contributed by atoms with E-state index in [0.717, 1.165) is 25.1 Å². The molecule has 0 radical (unpaired) electrons. The maximum absolute atomic E-state index is 13.8. The van der Waals surface area contributed by atoms with Crippen LogP contribution in [0.5, 0.6) is 0 Å². The Balaban J connectivity index is 2.49. The number of hydrogen-bond acceptors (Lipinski definition) is 1. The Morgan fingerprint density at radius 2 is 1.79 bits per heavy atom. The van der Waals surface area contributed by atoms with E-state index in [1.807, 2.05) is 12.1 Å². The van der Waals surface area contributed by atoms with Crippen LogP contribution in [-0.2, 0) is 6.42 Å². The summed E-state index contributed by atoms with van der Waals surface area (Å²) in [5, 5.41) is 3.68. The van der Waals surface area contributed by atoms with Crippen molar-refractivity contribution in [2.24, 2.45) is 17.8 Å². The maximum atomic E-state index is 13.8. The SMILES string of the molecule is CC(C)CNCC(C)C(C)Cc1cccc(Cl)c1F. The molecular formula is C16H25ClFN. The fourth-order valence-corrected chi connectivity index (χ4v) is 2.25. The molecule has 0 bridgehead atoms. The summed E-state index contributed by atoms with van der Waals surface area (Å²) in [6.45, 7) is 10.8. The molecule has 2 atom stereocenters. The van der Waals surface area contributed by atoms with Crippen LogP contribution in [0, 0.1) is 23.6 Å². The molecule has 0 aliphatic rings. The summed E-state index contributed by atoms with van der Waals surface area (Å²) < 4.78 is 13.8. The van der Waals surface area contributed by atoms with Crippen LogP contribution in [0.2, 0.25) is 5.02 Å². The fourth-order valence-electron chi connectivity index (χ4n) is 2.06. The smallest absolute Gasteiger partial charge is 0.144 e. The average molecular weight is 286 g/mol. The monoisotopic (exact) mass is 285 g/mol. The van der Waals surface area contributed by atoms with E-state index >= 15 is 0 Å². The largest absolute Gasteiger partial charge is 0.316 e. The molecule has 1 aromatic rings. The van der Waals surface area contributed by atoms with Gasteiger partial charge >= 0.3 is 0 Å². The Morgan fingerprint density at radius 1 is 1.11 bits per heavy atom. The first-order chi connectivity index (χ1) is 8.91. The van der Waals surface area contributed by atoms with Gasteiger partial charge in [-0.3, -0.25) is 0 Å². The van der Waals surface area contributed by atoms with Crippen molar-refractivity contribution in [1.82, 2.24) is 5.32 Å². The summed E-state index contributed by atoms with van der Waals surface area (Å²) in [5.74, 6) is 1.33. The zero-order valence-corrected chi connectivity index (χ0v) is 13.1. The lowest BCUT2D eigenvalue weighted by Gasteiger charge is -2.21. The van der Waals surface area contributed by atoms with E-state index in [2.05, 4.69) is 33.0 Å². The number of halogens is 2. The van der Waals surface area contributed by atoms with Crippen molar-refractivity contribution in [2.75, 3.05) is 13.1 Å². The highest BCUT2D eigenvalue weighted by atomic mass is 35.5. The van der Waals surface area contributed by atoms with Crippen LogP contribution in [0.15, 0.2) is 18.2 Å². The molecule has 1 N–H and O–H groups in total. The standard InChI is InChI=1S/C16H25ClFN/c1-11(2)9-19-10-13(4)12(3)8-14-6-5-7-15(17)16(14)18/h5-7,11-13,19H,8-10H2,1-4H3. The molecule has 0 aliphatic carbocycles. The lowest BCUT2D eigenvalue weighted by Crippen LogP contribution is -2.29. The van der Waals surface area contributed by atoms with Crippen LogP contribution >= 0.6 is 11.6 Å². The van der Waals surface area contributed by atoms with Gasteiger partial charge in [0.1, 0.15) is 5.82 Å². The Morgan fingerprint density at radius 3 is 2.42 bits per heavy atom. The highest BCUT2D eigenvalue weighted by molar-refractivity contribution is 6.30. The normalized spacial score (nSPS) is 14.7. The van der Waals surface area contributed by atoms with Crippen LogP contribution < -0.4 is 5.32 Å². The van der Waals surface area contributed by atoms with E-state index < -0.39 is 0 Å². The van der Waals surface area contributed by atoms with E-state index in [-0.39, 0.29) is 10.8 Å². The molecule has 0 aliphatic heterocycles. The fraction of sp³-hybridized carbons (Fsp3) is 0.625. The Labute approximate surface area is 121 Å². The molecule has 0 amide bonds. The summed E-state index contributed by atoms with van der Waals surface area (Å²) in [4.78, 5) is 0. The topological polar surface area (TPSA) is 12.0 Å². The van der Waals surface area contributed by atoms with E-state index in [1.54, 1.807) is 6.07 Å². The van der Waals surface area contributed by atoms with Gasteiger partial charge in [-0.2, -0.15) is 0 Å². The minimum absolute atomic E-state index is 0.218. The number of benzene rings is 1. The van der Waals surface area contributed by atoms with Crippen LogP contribution in [0.25, 0.3) is 0 Å². The van der Waals surface area contributed by atoms with E-state index in [9.17, 15) is 4.39 Å². The first kappa shape index (κ1) is 16.5. The molecule has 108 valence electrons. The molecule has 0 heterocycles. The predicted molar refractivity (Wildman–Crippen MR) is 81.1 cm³/mol. The second-order valence-corrected chi connectivity index (χ2v) is 6.33. The molecule has 1 aromatic carbocycles. The molecule has 2 unspecified atom stereocenters. The van der Waals surface area contributed by atoms with Crippen molar-refractivity contribution in [2.45, 2.75) is 34.1 Å². The molecule has 19 heavy (non-hydrogen) atoms. The Hall–Kier alpha value is -0.600. The zero-order chi connectivity index (χ0) is 14.4. The lowest BCUT2D eigenvalue weighted by molar-refractivity contribution is 0.354. The third-order valence-electron chi connectivity index (χ3n) is 3.56. The van der Waals surface area contributed by atoms with Crippen molar-refractivity contribution in [3.63, 3.8) is 0 Å². The molecule has 1 rings (SSSR count). The predicted octanol–water partition coefficient (Wildman–Crippen LogP) is 4.54. The maximum Gasteiger partial charge on any atom is 0.144 e. The van der Waals surface area contributed by atoms with Gasteiger partial charge in [0.15, 0.2) is 0 Å². The highest BCUT2D eigenvalue weighted by Crippen LogP contribution is 2.23. The molecular weight excluding hydrogens is 261 g/mol. The van der Waals surface area contributed by atoms with Crippen molar-refractivity contribution >= 4 is 11.6 Å². The minimum atomic E-state index is -0.265. The van der Waals surface area contributed by atoms with Gasteiger partial charge in [-0.25, -0.2) is 4.39 Å². The van der Waals surface area contributed by atoms with Gasteiger partial charge in [-0.05, 0) is 48.9 Å². The highest BCUT2D eigenvalue weighted by Gasteiger charge is 2.15. The first-order valence-corrected chi connectivity index (χ1v) is 7.43. The summed E-state index contributed by atoms with van der Waals surface area (Å²) in [6, 6.07) is 5.24. The molecule has 1 nitrogen and oxygen atoms in total. The van der Waals surface area contributed by atoms with Gasteiger partial charge in [0.2, 0.25) is 0 Å². The Bertz CT molecular complexity index is 392. The van der Waals surface area contributed by atoms with Crippen molar-refractivity contribution < 1.29 is 4.39 Å². The molecule has 0 aromatic heterocycles. The molecule has 0 spiro atoms. The third-order valence-corrected chi connectivity index (χ3v) is 3.86. The van der Waals surface area contributed by atoms with Crippen molar-refractivity contribution in [3.8, 4) is 0 Å². The third kappa shape index (κ3) is 5.50. The van der Waals surface area contributed by atoms with Crippen LogP contribution in [0.3, 0.4) is 0 Å². The summed E-state index contributed by atoms with van der Waals surface area (Å²) >= 11 is 5.81. The second kappa shape index (κ2) is 7.86. The summed E-state index contributed by atoms with van der Waals surface area (Å²) in [6.07, 6.45) is 0.733. The van der Waals surface area contributed by atoms with Crippen LogP contribution in [-0.4, -0.2) is 13.1 Å². The van der Waals surface area contributed by atoms with Crippen molar-refractivity contribution in [1.29, 1.82) is 0 Å². The quantitative estimate of drug-likeness (QED) is 0.775. The molecule has 3 heteroatoms. The van der Waals surface area contributed by atoms with Crippen molar-refractivity contribution in [3.05, 3.63) is 34.6 Å². The van der Waals surface area contributed by atoms with Crippen LogP contribution in [0.4, 0.5) is 4.39 Å². The molecule has 0 saturated carbocycles. The number of hydrogen-bond donors (Lipinski definition) is 1. The van der Waals surface area contributed by atoms with E-state index in [1.165, 1.54) is 0 Å². The molecule has 0 saturated heterocycles. The summed E-state index contributed by atoms with van der Waals surface area (Å²) in [5.41, 5.74) is 0.718. The number of nitrogens with one attached hydrogen (secondary N) is 1. The van der Waals surface area contributed by atoms with Crippen LogP contribution in [0.1, 0.15) is 33.3 Å². The average Bonchev–Trinajstić information content (AvgIpc) is 2.34. The van der Waals surface area contributed by atoms with Gasteiger partial charge in [-0.1, -0.05) is 51.4 Å². The molecule has 0 fully saturated rings. The van der Waals surface area contributed by atoms with Gasteiger partial charge in [0.05, 0.1) is 5.02 Å². The zero-order valence-electron chi connectivity index (χ0n) is 12.3. The van der Waals surface area contributed by atoms with Gasteiger partial charge in [0.25, 0.3) is 0 Å². The van der Waals surface area contributed by atoms with Gasteiger partial charge in [0, 0.05) is 0 Å². The van der Waals surface area contributed by atoms with E-state index in [0.29, 0.717) is 17.8 Å². The number of rotatable bonds is 7. The lowest BCUT2D eigenvalue weighted by atomic mass is 9.89. The summed E-state index contributed by atoms with van der Waals surface area (Å²) in [7, 11) is 0. The minimum Gasteiger partial charge on any atom is -0.316 e. The van der Waals surface area contributed by atoms with Gasteiger partial charge < -0.3 is 5.32 Å². The van der Waals surface area contributed by atoms with E-state index in [4.69, 9.17) is 11.6 Å². The van der Waals surface area contributed by atoms with Gasteiger partial charge in [-0.15, -0.1) is 0 Å². The first-order valence-electron chi connectivity index (χ1n) is 7.05. The second-order valence-electron chi connectivity index (χ2n) is 5.92.